The fourth-order valence-electron chi connectivity index (χ4n) is 4.75. The van der Waals surface area contributed by atoms with Crippen LogP contribution in [0.3, 0.4) is 0 Å². The van der Waals surface area contributed by atoms with Crippen molar-refractivity contribution in [2.45, 2.75) is 38.3 Å². The first-order valence-electron chi connectivity index (χ1n) is 12.2. The van der Waals surface area contributed by atoms with Gasteiger partial charge < -0.3 is 24.6 Å². The molecule has 2 aromatic carbocycles. The van der Waals surface area contributed by atoms with Gasteiger partial charge in [-0.2, -0.15) is 0 Å². The van der Waals surface area contributed by atoms with Crippen LogP contribution in [0.15, 0.2) is 65.6 Å². The normalized spacial score (nSPS) is 19.9. The Kier molecular flexibility index (Phi) is 7.00. The van der Waals surface area contributed by atoms with Gasteiger partial charge in [0.2, 0.25) is 5.43 Å². The number of nitrogens with zero attached hydrogens (tertiary/aromatic N) is 2. The highest BCUT2D eigenvalue weighted by Gasteiger charge is 2.41. The summed E-state index contributed by atoms with van der Waals surface area (Å²) in [7, 11) is 0. The van der Waals surface area contributed by atoms with Crippen LogP contribution < -0.4 is 15.5 Å². The van der Waals surface area contributed by atoms with Crippen molar-refractivity contribution in [3.63, 3.8) is 0 Å². The first-order chi connectivity index (χ1) is 18.7. The van der Waals surface area contributed by atoms with E-state index in [2.05, 4.69) is 5.32 Å². The average molecular weight is 540 g/mol. The zero-order valence-corrected chi connectivity index (χ0v) is 20.7. The van der Waals surface area contributed by atoms with Gasteiger partial charge in [-0.05, 0) is 12.5 Å². The molecule has 5 rings (SSSR count). The van der Waals surface area contributed by atoms with E-state index >= 15 is 0 Å². The number of aliphatic hydroxyl groups excluding tert-OH is 1. The second-order valence-corrected chi connectivity index (χ2v) is 9.40. The number of ether oxygens (including phenoxy) is 1. The third kappa shape index (κ3) is 4.92. The van der Waals surface area contributed by atoms with Crippen molar-refractivity contribution in [3.8, 4) is 5.75 Å². The molecule has 0 fully saturated rings. The Labute approximate surface area is 220 Å². The molecular weight excluding hydrogens is 515 g/mol. The first-order valence-corrected chi connectivity index (χ1v) is 12.2. The zero-order chi connectivity index (χ0) is 27.8. The highest BCUT2D eigenvalue weighted by molar-refractivity contribution is 5.99. The third-order valence-corrected chi connectivity index (χ3v) is 6.87. The summed E-state index contributed by atoms with van der Waals surface area (Å²) < 4.78 is 48.7. The van der Waals surface area contributed by atoms with E-state index in [1.807, 2.05) is 0 Å². The van der Waals surface area contributed by atoms with Gasteiger partial charge in [-0.15, -0.1) is 0 Å². The Morgan fingerprint density at radius 2 is 1.79 bits per heavy atom. The zero-order valence-electron chi connectivity index (χ0n) is 20.7. The molecule has 3 aromatic rings. The van der Waals surface area contributed by atoms with Gasteiger partial charge in [0, 0.05) is 43.0 Å². The van der Waals surface area contributed by atoms with Crippen LogP contribution in [0.2, 0.25) is 0 Å². The van der Waals surface area contributed by atoms with Crippen LogP contribution in [0.4, 0.5) is 13.2 Å². The number of fused-ring (bicyclic) bond motifs is 4. The van der Waals surface area contributed by atoms with E-state index in [1.54, 1.807) is 49.4 Å². The van der Waals surface area contributed by atoms with Crippen LogP contribution in [0.1, 0.15) is 44.9 Å². The number of pyridine rings is 1. The van der Waals surface area contributed by atoms with Crippen molar-refractivity contribution in [1.82, 2.24) is 14.8 Å². The number of hydrogen-bond donors (Lipinski definition) is 2. The number of halogens is 3. The van der Waals surface area contributed by atoms with Crippen molar-refractivity contribution >= 4 is 11.8 Å². The number of nitrogens with one attached hydrogen (secondary N) is 1. The Balaban J connectivity index is 1.57. The molecule has 8 nitrogen and oxygen atoms in total. The standard InChI is InChI=1S/C28H24F3N3O5/c1-15-7-8-23(35)22-13-33(15)28(38)24-26(39-14-16-5-3-2-4-6-16)25(36)19(12-34(22)24)27(37)32-11-18-20(30)9-17(29)10-21(18)31/h2-10,12,15,22-23,35H,11,13-14H2,1H3,(H,32,37)/t15-,22+,23+/m0/s1. The minimum absolute atomic E-state index is 0.0888. The van der Waals surface area contributed by atoms with Crippen molar-refractivity contribution in [2.24, 2.45) is 0 Å². The minimum atomic E-state index is -1.20. The largest absolute Gasteiger partial charge is 0.483 e. The number of benzene rings is 2. The van der Waals surface area contributed by atoms with Crippen molar-refractivity contribution < 1.29 is 32.6 Å². The fourth-order valence-corrected chi connectivity index (χ4v) is 4.75. The number of carbonyl (C=O) groups is 2. The van der Waals surface area contributed by atoms with Crippen molar-refractivity contribution in [3.05, 3.63) is 111 Å². The minimum Gasteiger partial charge on any atom is -0.483 e. The van der Waals surface area contributed by atoms with E-state index in [9.17, 15) is 32.7 Å². The lowest BCUT2D eigenvalue weighted by Gasteiger charge is -2.38. The molecule has 3 atom stereocenters. The Morgan fingerprint density at radius 3 is 2.49 bits per heavy atom. The van der Waals surface area contributed by atoms with Gasteiger partial charge in [0.1, 0.15) is 29.6 Å². The summed E-state index contributed by atoms with van der Waals surface area (Å²) in [5, 5.41) is 13.1. The number of aliphatic hydroxyl groups is 1. The van der Waals surface area contributed by atoms with Gasteiger partial charge in [-0.3, -0.25) is 14.4 Å². The number of rotatable bonds is 6. The maximum Gasteiger partial charge on any atom is 0.275 e. The summed E-state index contributed by atoms with van der Waals surface area (Å²) in [6.45, 7) is 1.12. The first kappa shape index (κ1) is 26.2. The van der Waals surface area contributed by atoms with Crippen LogP contribution in [-0.2, 0) is 13.2 Å². The van der Waals surface area contributed by atoms with Crippen LogP contribution in [0.25, 0.3) is 0 Å². The quantitative estimate of drug-likeness (QED) is 0.469. The van der Waals surface area contributed by atoms with Crippen molar-refractivity contribution in [1.29, 1.82) is 0 Å². The maximum absolute atomic E-state index is 14.1. The van der Waals surface area contributed by atoms with Gasteiger partial charge in [-0.25, -0.2) is 13.2 Å². The molecule has 39 heavy (non-hydrogen) atoms. The van der Waals surface area contributed by atoms with Gasteiger partial charge in [0.15, 0.2) is 11.4 Å². The predicted octanol–water partition coefficient (Wildman–Crippen LogP) is 3.09. The molecule has 2 N–H and O–H groups in total. The molecule has 0 saturated carbocycles. The number of amides is 2. The fraction of sp³-hybridized carbons (Fsp3) is 0.250. The molecule has 2 aliphatic heterocycles. The predicted molar refractivity (Wildman–Crippen MR) is 134 cm³/mol. The molecule has 0 aliphatic carbocycles. The van der Waals surface area contributed by atoms with E-state index in [0.29, 0.717) is 17.7 Å². The summed E-state index contributed by atoms with van der Waals surface area (Å²) in [4.78, 5) is 41.7. The van der Waals surface area contributed by atoms with E-state index in [4.69, 9.17) is 4.74 Å². The van der Waals surface area contributed by atoms with Crippen LogP contribution in [0.5, 0.6) is 5.75 Å². The number of aromatic nitrogens is 1. The smallest absolute Gasteiger partial charge is 0.275 e. The third-order valence-electron chi connectivity index (χ3n) is 6.87. The second-order valence-electron chi connectivity index (χ2n) is 9.40. The lowest BCUT2D eigenvalue weighted by atomic mass is 10.0. The summed E-state index contributed by atoms with van der Waals surface area (Å²) >= 11 is 0. The highest BCUT2D eigenvalue weighted by atomic mass is 19.1. The van der Waals surface area contributed by atoms with Crippen LogP contribution in [-0.4, -0.2) is 45.1 Å². The molecule has 0 saturated heterocycles. The Bertz CT molecular complexity index is 1520. The molecule has 2 amide bonds. The van der Waals surface area contributed by atoms with E-state index in [-0.39, 0.29) is 30.6 Å². The SMILES string of the molecule is C[C@H]1C=C[C@@H](O)[C@H]2CN1C(=O)c1c(OCc3ccccc3)c(=O)c(C(=O)NCc3c(F)cc(F)cc3F)cn12. The van der Waals surface area contributed by atoms with Crippen molar-refractivity contribution in [2.75, 3.05) is 6.54 Å². The lowest BCUT2D eigenvalue weighted by molar-refractivity contribution is 0.0530. The molecule has 0 spiro atoms. The topological polar surface area (TPSA) is 101 Å². The van der Waals surface area contributed by atoms with E-state index < -0.39 is 64.5 Å². The summed E-state index contributed by atoms with van der Waals surface area (Å²) in [5.41, 5.74) is -1.37. The number of carbonyl (C=O) groups excluding carboxylic acids is 2. The lowest BCUT2D eigenvalue weighted by Crippen LogP contribution is -2.49. The monoisotopic (exact) mass is 539 g/mol. The second kappa shape index (κ2) is 10.4. The van der Waals surface area contributed by atoms with E-state index in [1.165, 1.54) is 9.47 Å². The summed E-state index contributed by atoms with van der Waals surface area (Å²) in [5.74, 6) is -5.40. The van der Waals surface area contributed by atoms with Crippen LogP contribution >= 0.6 is 0 Å². The molecule has 2 aliphatic rings. The van der Waals surface area contributed by atoms with Gasteiger partial charge >= 0.3 is 0 Å². The molecule has 202 valence electrons. The maximum atomic E-state index is 14.1. The summed E-state index contributed by atoms with van der Waals surface area (Å²) in [6.07, 6.45) is 3.32. The Hall–Kier alpha value is -4.38. The number of hydrogen-bond acceptors (Lipinski definition) is 5. The molecule has 3 heterocycles. The van der Waals surface area contributed by atoms with Gasteiger partial charge in [0.25, 0.3) is 11.8 Å². The molecular formula is C28H24F3N3O5. The molecule has 1 aromatic heterocycles. The Morgan fingerprint density at radius 1 is 1.10 bits per heavy atom. The molecule has 11 heteroatoms. The molecule has 2 bridgehead atoms. The van der Waals surface area contributed by atoms with E-state index in [0.717, 1.165) is 6.20 Å². The summed E-state index contributed by atoms with van der Waals surface area (Å²) in [6, 6.07) is 8.71. The molecule has 0 unspecified atom stereocenters. The van der Waals surface area contributed by atoms with Crippen LogP contribution in [0, 0.1) is 17.5 Å². The average Bonchev–Trinajstić information content (AvgIpc) is 3.03. The highest BCUT2D eigenvalue weighted by Crippen LogP contribution is 2.33. The van der Waals surface area contributed by atoms with Gasteiger partial charge in [0.05, 0.1) is 12.1 Å². The van der Waals surface area contributed by atoms with Gasteiger partial charge in [-0.1, -0.05) is 42.5 Å². The molecule has 0 radical (unpaired) electrons.